The first-order valence-electron chi connectivity index (χ1n) is 7.06. The van der Waals surface area contributed by atoms with Gasteiger partial charge in [0, 0.05) is 11.8 Å². The molecule has 0 bridgehead atoms. The Morgan fingerprint density at radius 1 is 1.14 bits per heavy atom. The third-order valence-corrected chi connectivity index (χ3v) is 3.69. The van der Waals surface area contributed by atoms with E-state index in [1.165, 1.54) is 0 Å². The quantitative estimate of drug-likeness (QED) is 0.692. The summed E-state index contributed by atoms with van der Waals surface area (Å²) in [5.74, 6) is 0. The molecule has 3 aromatic rings. The highest BCUT2D eigenvalue weighted by molar-refractivity contribution is 5.73. The normalized spacial score (nSPS) is 11.8. The molecule has 2 aromatic heterocycles. The first kappa shape index (κ1) is 13.6. The summed E-state index contributed by atoms with van der Waals surface area (Å²) in [6, 6.07) is 12.2. The van der Waals surface area contributed by atoms with Gasteiger partial charge in [-0.2, -0.15) is 5.10 Å². The van der Waals surface area contributed by atoms with E-state index in [-0.39, 0.29) is 5.41 Å². The second kappa shape index (κ2) is 4.85. The molecule has 0 spiro atoms. The van der Waals surface area contributed by atoms with Gasteiger partial charge in [-0.3, -0.25) is 0 Å². The van der Waals surface area contributed by atoms with Gasteiger partial charge in [0.25, 0.3) is 0 Å². The van der Waals surface area contributed by atoms with E-state index in [1.807, 2.05) is 22.8 Å². The minimum atomic E-state index is 0.0519. The van der Waals surface area contributed by atoms with Crippen LogP contribution in [0.25, 0.3) is 22.5 Å². The summed E-state index contributed by atoms with van der Waals surface area (Å²) in [7, 11) is 0. The Hall–Kier alpha value is -2.42. The summed E-state index contributed by atoms with van der Waals surface area (Å²) in [6.45, 7) is 10.8. The second-order valence-electron chi connectivity index (χ2n) is 6.25. The van der Waals surface area contributed by atoms with Crippen LogP contribution < -0.4 is 0 Å². The molecule has 21 heavy (non-hydrogen) atoms. The fraction of sp³-hybridized carbons (Fsp3) is 0.222. The Labute approximate surface area is 125 Å². The van der Waals surface area contributed by atoms with E-state index < -0.39 is 0 Å². The lowest BCUT2D eigenvalue weighted by molar-refractivity contribution is 0.568. The zero-order valence-corrected chi connectivity index (χ0v) is 12.7. The Kier molecular flexibility index (Phi) is 3.13. The van der Waals surface area contributed by atoms with Gasteiger partial charge in [0.2, 0.25) is 0 Å². The maximum atomic E-state index is 4.40. The fourth-order valence-electron chi connectivity index (χ4n) is 2.33. The Bertz CT molecular complexity index is 806. The van der Waals surface area contributed by atoms with Crippen LogP contribution in [-0.4, -0.2) is 14.6 Å². The van der Waals surface area contributed by atoms with Crippen molar-refractivity contribution in [1.82, 2.24) is 14.6 Å². The Morgan fingerprint density at radius 2 is 1.95 bits per heavy atom. The van der Waals surface area contributed by atoms with E-state index in [9.17, 15) is 0 Å². The molecule has 106 valence electrons. The van der Waals surface area contributed by atoms with Gasteiger partial charge in [0.15, 0.2) is 5.65 Å². The van der Waals surface area contributed by atoms with Crippen molar-refractivity contribution in [3.63, 3.8) is 0 Å². The average Bonchev–Trinajstić information content (AvgIpc) is 2.89. The van der Waals surface area contributed by atoms with Crippen LogP contribution in [0.3, 0.4) is 0 Å². The Morgan fingerprint density at radius 3 is 2.71 bits per heavy atom. The van der Waals surface area contributed by atoms with E-state index in [2.05, 4.69) is 61.7 Å². The van der Waals surface area contributed by atoms with Gasteiger partial charge in [0.05, 0.1) is 11.9 Å². The van der Waals surface area contributed by atoms with Crippen molar-refractivity contribution in [2.24, 2.45) is 5.41 Å². The van der Waals surface area contributed by atoms with Crippen molar-refractivity contribution in [1.29, 1.82) is 0 Å². The van der Waals surface area contributed by atoms with Gasteiger partial charge < -0.3 is 0 Å². The topological polar surface area (TPSA) is 30.2 Å². The van der Waals surface area contributed by atoms with Crippen LogP contribution in [0.1, 0.15) is 26.3 Å². The molecule has 0 unspecified atom stereocenters. The molecule has 3 rings (SSSR count). The molecule has 2 heterocycles. The highest BCUT2D eigenvalue weighted by Gasteiger charge is 2.17. The number of hydrogen-bond donors (Lipinski definition) is 0. The van der Waals surface area contributed by atoms with Gasteiger partial charge in [-0.05, 0) is 34.8 Å². The zero-order valence-electron chi connectivity index (χ0n) is 12.7. The summed E-state index contributed by atoms with van der Waals surface area (Å²) >= 11 is 0. The van der Waals surface area contributed by atoms with Crippen LogP contribution in [0.2, 0.25) is 0 Å². The van der Waals surface area contributed by atoms with Crippen LogP contribution in [0.15, 0.2) is 55.4 Å². The maximum Gasteiger partial charge on any atom is 0.154 e. The summed E-state index contributed by atoms with van der Waals surface area (Å²) < 4.78 is 1.86. The lowest BCUT2D eigenvalue weighted by atomic mass is 9.83. The molecule has 0 aliphatic rings. The van der Waals surface area contributed by atoms with Crippen molar-refractivity contribution in [2.75, 3.05) is 0 Å². The molecule has 3 heteroatoms. The molecule has 0 saturated heterocycles. The lowest BCUT2D eigenvalue weighted by Gasteiger charge is -2.22. The predicted octanol–water partition coefficient (Wildman–Crippen LogP) is 4.46. The molecule has 3 nitrogen and oxygen atoms in total. The third-order valence-electron chi connectivity index (χ3n) is 3.69. The largest absolute Gasteiger partial charge is 0.235 e. The summed E-state index contributed by atoms with van der Waals surface area (Å²) in [6.07, 6.45) is 3.64. The molecule has 0 atom stereocenters. The van der Waals surface area contributed by atoms with Gasteiger partial charge in [-0.1, -0.05) is 45.5 Å². The zero-order chi connectivity index (χ0) is 15.0. The SMILES string of the molecule is C=C(c1cccc(-c2cnc3cccnn23)c1)C(C)(C)C. The van der Waals surface area contributed by atoms with Gasteiger partial charge >= 0.3 is 0 Å². The maximum absolute atomic E-state index is 4.40. The summed E-state index contributed by atoms with van der Waals surface area (Å²) in [4.78, 5) is 4.40. The molecule has 0 radical (unpaired) electrons. The number of fused-ring (bicyclic) bond motifs is 1. The molecule has 0 saturated carbocycles. The van der Waals surface area contributed by atoms with Crippen LogP contribution in [0.5, 0.6) is 0 Å². The molecule has 1 aromatic carbocycles. The third kappa shape index (κ3) is 2.47. The van der Waals surface area contributed by atoms with Crippen LogP contribution in [0.4, 0.5) is 0 Å². The van der Waals surface area contributed by atoms with E-state index >= 15 is 0 Å². The number of benzene rings is 1. The molecule has 0 amide bonds. The van der Waals surface area contributed by atoms with Crippen LogP contribution in [0, 0.1) is 5.41 Å². The Balaban J connectivity index is 2.10. The average molecular weight is 277 g/mol. The van der Waals surface area contributed by atoms with Crippen molar-refractivity contribution in [3.8, 4) is 11.3 Å². The standard InChI is InChI=1S/C18H19N3/c1-13(18(2,3)4)14-7-5-8-15(11-14)16-12-19-17-9-6-10-20-21(16)17/h5-12H,1H2,2-4H3. The molecule has 0 N–H and O–H groups in total. The van der Waals surface area contributed by atoms with Crippen LogP contribution in [-0.2, 0) is 0 Å². The van der Waals surface area contributed by atoms with Crippen molar-refractivity contribution < 1.29 is 0 Å². The minimum Gasteiger partial charge on any atom is -0.235 e. The lowest BCUT2D eigenvalue weighted by Crippen LogP contribution is -2.07. The van der Waals surface area contributed by atoms with Crippen molar-refractivity contribution in [3.05, 3.63) is 60.9 Å². The van der Waals surface area contributed by atoms with E-state index in [1.54, 1.807) is 6.20 Å². The number of nitrogens with zero attached hydrogens (tertiary/aromatic N) is 3. The molecular weight excluding hydrogens is 258 g/mol. The molecule has 0 fully saturated rings. The number of imidazole rings is 1. The fourth-order valence-corrected chi connectivity index (χ4v) is 2.33. The van der Waals surface area contributed by atoms with E-state index in [4.69, 9.17) is 0 Å². The molecule has 0 aliphatic carbocycles. The van der Waals surface area contributed by atoms with Crippen molar-refractivity contribution >= 4 is 11.2 Å². The first-order chi connectivity index (χ1) is 9.97. The number of allylic oxidation sites excluding steroid dienone is 1. The van der Waals surface area contributed by atoms with Crippen LogP contribution >= 0.6 is 0 Å². The number of rotatable bonds is 2. The van der Waals surface area contributed by atoms with E-state index in [0.29, 0.717) is 0 Å². The van der Waals surface area contributed by atoms with Crippen molar-refractivity contribution in [2.45, 2.75) is 20.8 Å². The van der Waals surface area contributed by atoms with Gasteiger partial charge in [0.1, 0.15) is 0 Å². The first-order valence-corrected chi connectivity index (χ1v) is 7.06. The monoisotopic (exact) mass is 277 g/mol. The highest BCUT2D eigenvalue weighted by Crippen LogP contribution is 2.34. The predicted molar refractivity (Wildman–Crippen MR) is 86.9 cm³/mol. The smallest absolute Gasteiger partial charge is 0.154 e. The van der Waals surface area contributed by atoms with Gasteiger partial charge in [-0.25, -0.2) is 9.50 Å². The number of hydrogen-bond acceptors (Lipinski definition) is 2. The highest BCUT2D eigenvalue weighted by atomic mass is 15.2. The minimum absolute atomic E-state index is 0.0519. The summed E-state index contributed by atoms with van der Waals surface area (Å²) in [5, 5.41) is 4.37. The van der Waals surface area contributed by atoms with Gasteiger partial charge in [-0.15, -0.1) is 0 Å². The molecule has 0 aliphatic heterocycles. The van der Waals surface area contributed by atoms with E-state index in [0.717, 1.165) is 28.0 Å². The number of aromatic nitrogens is 3. The molecular formula is C18H19N3. The summed E-state index contributed by atoms with van der Waals surface area (Å²) in [5.41, 5.74) is 5.29. The second-order valence-corrected chi connectivity index (χ2v) is 6.25.